The van der Waals surface area contributed by atoms with E-state index in [1.807, 2.05) is 27.8 Å². The summed E-state index contributed by atoms with van der Waals surface area (Å²) in [4.78, 5) is 3.26. The van der Waals surface area contributed by atoms with Crippen LogP contribution >= 0.6 is 0 Å². The van der Waals surface area contributed by atoms with Gasteiger partial charge in [0.25, 0.3) is 0 Å². The molecule has 3 nitrogen and oxygen atoms in total. The number of rotatable bonds is 2. The fourth-order valence-electron chi connectivity index (χ4n) is 3.19. The first kappa shape index (κ1) is 7.21. The van der Waals surface area contributed by atoms with E-state index in [1.165, 1.54) is 11.8 Å². The minimum Gasteiger partial charge on any atom is -0.358 e. The first-order valence-electron chi connectivity index (χ1n) is 10.5. The van der Waals surface area contributed by atoms with E-state index in [1.54, 1.807) is 30.6 Å². The number of para-hydroxylation sites is 1. The molecule has 2 atom stereocenters. The lowest BCUT2D eigenvalue weighted by atomic mass is 10.0. The summed E-state index contributed by atoms with van der Waals surface area (Å²) in [5.41, 5.74) is 1.99. The van der Waals surface area contributed by atoms with Crippen LogP contribution in [0.15, 0.2) is 48.9 Å². The van der Waals surface area contributed by atoms with Crippen LogP contribution in [-0.4, -0.2) is 22.6 Å². The topological polar surface area (TPSA) is 11.4 Å². The Labute approximate surface area is 135 Å². The highest BCUT2D eigenvalue weighted by molar-refractivity contribution is 5.64. The number of nitrogens with zero attached hydrogens (tertiary/aromatic N) is 3. The summed E-state index contributed by atoms with van der Waals surface area (Å²) in [7, 11) is 0. The number of aromatic nitrogens is 1. The van der Waals surface area contributed by atoms with Crippen molar-refractivity contribution >= 4 is 5.82 Å². The molecule has 0 fully saturated rings. The predicted octanol–water partition coefficient (Wildman–Crippen LogP) is 3.71. The molecule has 0 bridgehead atoms. The Bertz CT molecular complexity index is 939. The minimum atomic E-state index is -2.49. The quantitative estimate of drug-likeness (QED) is 0.834. The zero-order valence-corrected chi connectivity index (χ0v) is 11.7. The van der Waals surface area contributed by atoms with E-state index in [4.69, 9.17) is 9.60 Å². The fraction of sp³-hybridized carbons (Fsp3) is 0.333. The molecule has 2 aromatic rings. The molecule has 21 heavy (non-hydrogen) atoms. The van der Waals surface area contributed by atoms with Gasteiger partial charge >= 0.3 is 0 Å². The zero-order valence-electron chi connectivity index (χ0n) is 18.7. The minimum absolute atomic E-state index is 0.331. The van der Waals surface area contributed by atoms with Gasteiger partial charge in [0.2, 0.25) is 0 Å². The van der Waals surface area contributed by atoms with E-state index in [9.17, 15) is 0 Å². The van der Waals surface area contributed by atoms with Gasteiger partial charge in [0.1, 0.15) is 12.0 Å². The number of anilines is 1. The second-order valence-corrected chi connectivity index (χ2v) is 5.47. The number of benzene rings is 1. The first-order valence-corrected chi connectivity index (χ1v) is 6.98. The van der Waals surface area contributed by atoms with Crippen molar-refractivity contribution in [2.75, 3.05) is 11.9 Å². The summed E-state index contributed by atoms with van der Waals surface area (Å²) in [6, 6.07) is 8.93. The number of fused-ring (bicyclic) bond motifs is 3. The molecule has 0 amide bonds. The molecule has 4 rings (SSSR count). The third-order valence-electron chi connectivity index (χ3n) is 4.18. The van der Waals surface area contributed by atoms with Crippen molar-refractivity contribution in [2.45, 2.75) is 32.3 Å². The molecular weight excluding hydrogens is 258 g/mol. The summed E-state index contributed by atoms with van der Waals surface area (Å²) >= 11 is 0. The molecule has 108 valence electrons. The smallest absolute Gasteiger partial charge is 0.122 e. The van der Waals surface area contributed by atoms with E-state index in [2.05, 4.69) is 0 Å². The van der Waals surface area contributed by atoms with Crippen LogP contribution in [0.1, 0.15) is 40.4 Å². The summed E-state index contributed by atoms with van der Waals surface area (Å²) in [6.07, 6.45) is 5.38. The Morgan fingerprint density at radius 1 is 1.29 bits per heavy atom. The molecule has 1 aromatic heterocycles. The van der Waals surface area contributed by atoms with Crippen LogP contribution in [-0.2, 0) is 6.42 Å². The van der Waals surface area contributed by atoms with E-state index < -0.39 is 19.7 Å². The summed E-state index contributed by atoms with van der Waals surface area (Å²) < 4.78 is 57.0. The van der Waals surface area contributed by atoms with Gasteiger partial charge in [-0.1, -0.05) is 32.0 Å². The van der Waals surface area contributed by atoms with Crippen LogP contribution in [0.4, 0.5) is 5.82 Å². The highest BCUT2D eigenvalue weighted by Crippen LogP contribution is 2.40. The third kappa shape index (κ3) is 1.73. The maximum atomic E-state index is 8.53. The Kier molecular flexibility index (Phi) is 1.52. The average molecular weight is 286 g/mol. The van der Waals surface area contributed by atoms with Gasteiger partial charge in [-0.3, -0.25) is 0 Å². The van der Waals surface area contributed by atoms with Gasteiger partial charge in [-0.05, 0) is 29.2 Å². The SMILES string of the molecule is [2H]C([2H])([2H])N1C=CN2c3c(ccn3-c3ccccc3C([2H])(C)C([2H])([2H])[2H])CC21. The first-order chi connectivity index (χ1) is 12.9. The Morgan fingerprint density at radius 3 is 3.05 bits per heavy atom. The van der Waals surface area contributed by atoms with Gasteiger partial charge in [0.15, 0.2) is 0 Å². The van der Waals surface area contributed by atoms with Crippen molar-refractivity contribution in [3.8, 4) is 5.69 Å². The summed E-state index contributed by atoms with van der Waals surface area (Å²) in [5, 5.41) is 0. The molecule has 2 aliphatic heterocycles. The lowest BCUT2D eigenvalue weighted by Crippen LogP contribution is -2.34. The van der Waals surface area contributed by atoms with E-state index >= 15 is 0 Å². The highest BCUT2D eigenvalue weighted by Gasteiger charge is 2.36. The molecule has 0 saturated carbocycles. The van der Waals surface area contributed by atoms with Crippen molar-refractivity contribution in [1.29, 1.82) is 0 Å². The van der Waals surface area contributed by atoms with Gasteiger partial charge in [0, 0.05) is 41.6 Å². The number of hydrogen-bond donors (Lipinski definition) is 0. The molecule has 3 heteroatoms. The van der Waals surface area contributed by atoms with Gasteiger partial charge in [0.05, 0.1) is 5.69 Å². The summed E-state index contributed by atoms with van der Waals surface area (Å²) in [6.45, 7) is -3.33. The van der Waals surface area contributed by atoms with Crippen LogP contribution in [0, 0.1) is 0 Å². The molecule has 0 spiro atoms. The van der Waals surface area contributed by atoms with Gasteiger partial charge in [-0.25, -0.2) is 0 Å². The van der Waals surface area contributed by atoms with Crippen LogP contribution in [0.25, 0.3) is 5.69 Å². The Hall–Kier alpha value is -2.16. The lowest BCUT2D eigenvalue weighted by molar-refractivity contribution is 0.367. The molecule has 3 heterocycles. The maximum Gasteiger partial charge on any atom is 0.122 e. The molecule has 0 saturated heterocycles. The van der Waals surface area contributed by atoms with Crippen molar-refractivity contribution in [3.05, 3.63) is 60.1 Å². The monoisotopic (exact) mass is 286 g/mol. The van der Waals surface area contributed by atoms with Crippen LogP contribution in [0.3, 0.4) is 0 Å². The van der Waals surface area contributed by atoms with Crippen molar-refractivity contribution < 1.29 is 9.60 Å². The molecule has 0 radical (unpaired) electrons. The van der Waals surface area contributed by atoms with E-state index in [0.717, 1.165) is 11.4 Å². The largest absolute Gasteiger partial charge is 0.358 e. The second-order valence-electron chi connectivity index (χ2n) is 5.47. The van der Waals surface area contributed by atoms with Crippen molar-refractivity contribution in [1.82, 2.24) is 9.47 Å². The Balaban J connectivity index is 1.81. The molecule has 0 N–H and O–H groups in total. The van der Waals surface area contributed by atoms with Crippen molar-refractivity contribution in [3.63, 3.8) is 0 Å². The van der Waals surface area contributed by atoms with Crippen LogP contribution in [0.5, 0.6) is 0 Å². The molecule has 0 aliphatic carbocycles. The van der Waals surface area contributed by atoms with Crippen LogP contribution in [0.2, 0.25) is 0 Å². The van der Waals surface area contributed by atoms with Gasteiger partial charge < -0.3 is 14.4 Å². The van der Waals surface area contributed by atoms with Gasteiger partial charge in [-0.15, -0.1) is 0 Å². The van der Waals surface area contributed by atoms with E-state index in [0.29, 0.717) is 17.7 Å². The standard InChI is InChI=1S/C18H21N3/c1-13(2)15-6-4-5-7-16(15)20-9-8-14-12-17-19(3)10-11-21(17)18(14)20/h4-11,13,17H,12H2,1-3H3/i1D3,3D3,13D. The Morgan fingerprint density at radius 2 is 2.19 bits per heavy atom. The normalized spacial score (nSPS) is 28.4. The number of likely N-dealkylation sites (N-methyl/N-ethyl adjacent to an activating group) is 1. The third-order valence-corrected chi connectivity index (χ3v) is 4.18. The van der Waals surface area contributed by atoms with Crippen molar-refractivity contribution in [2.24, 2.45) is 0 Å². The lowest BCUT2D eigenvalue weighted by Gasteiger charge is -2.25. The summed E-state index contributed by atoms with van der Waals surface area (Å²) in [5.74, 6) is -0.980. The highest BCUT2D eigenvalue weighted by atomic mass is 15.4. The maximum absolute atomic E-state index is 8.53. The average Bonchev–Trinajstić information content (AvgIpc) is 3.23. The zero-order chi connectivity index (χ0) is 20.5. The molecule has 2 unspecified atom stereocenters. The molecular formula is C18H21N3. The van der Waals surface area contributed by atoms with Crippen LogP contribution < -0.4 is 4.90 Å². The number of hydrogen-bond acceptors (Lipinski definition) is 2. The van der Waals surface area contributed by atoms with E-state index in [-0.39, 0.29) is 6.17 Å². The predicted molar refractivity (Wildman–Crippen MR) is 86.7 cm³/mol. The van der Waals surface area contributed by atoms with Gasteiger partial charge in [-0.2, -0.15) is 0 Å². The second kappa shape index (κ2) is 4.42. The molecule has 2 aliphatic rings. The molecule has 1 aromatic carbocycles. The fourth-order valence-corrected chi connectivity index (χ4v) is 3.19.